The molecule has 0 aliphatic heterocycles. The Morgan fingerprint density at radius 3 is 2.79 bits per heavy atom. The molecule has 0 radical (unpaired) electrons. The molecule has 1 saturated carbocycles. The summed E-state index contributed by atoms with van der Waals surface area (Å²) in [6.45, 7) is 5.19. The van der Waals surface area contributed by atoms with Gasteiger partial charge in [-0.2, -0.15) is 0 Å². The monoisotopic (exact) mass is 199 g/mol. The molecule has 1 rings (SSSR count). The molecule has 0 bridgehead atoms. The van der Waals surface area contributed by atoms with E-state index in [1.54, 1.807) is 0 Å². The summed E-state index contributed by atoms with van der Waals surface area (Å²) in [5, 5.41) is 12.7. The van der Waals surface area contributed by atoms with Gasteiger partial charge in [-0.25, -0.2) is 0 Å². The summed E-state index contributed by atoms with van der Waals surface area (Å²) in [7, 11) is 0. The number of rotatable bonds is 4. The molecular formula is C12H25NO. The third kappa shape index (κ3) is 4.97. The molecule has 2 heteroatoms. The lowest BCUT2D eigenvalue weighted by molar-refractivity contribution is 0.181. The van der Waals surface area contributed by atoms with E-state index in [2.05, 4.69) is 12.2 Å². The van der Waals surface area contributed by atoms with Gasteiger partial charge in [0.2, 0.25) is 0 Å². The van der Waals surface area contributed by atoms with Crippen molar-refractivity contribution >= 4 is 0 Å². The summed E-state index contributed by atoms with van der Waals surface area (Å²) in [4.78, 5) is 0. The van der Waals surface area contributed by atoms with Crippen molar-refractivity contribution in [2.45, 2.75) is 64.5 Å². The standard InChI is InChI=1S/C12H25NO/c1-10-4-3-5-12(7-6-10)13-9-8-11(2)14/h10-14H,3-9H2,1-2H3. The lowest BCUT2D eigenvalue weighted by Crippen LogP contribution is -2.30. The van der Waals surface area contributed by atoms with Crippen molar-refractivity contribution in [1.82, 2.24) is 5.32 Å². The van der Waals surface area contributed by atoms with Crippen molar-refractivity contribution < 1.29 is 5.11 Å². The molecule has 1 aliphatic carbocycles. The number of aliphatic hydroxyl groups is 1. The van der Waals surface area contributed by atoms with E-state index in [0.717, 1.165) is 18.9 Å². The molecule has 0 aromatic heterocycles. The summed E-state index contributed by atoms with van der Waals surface area (Å²) in [5.41, 5.74) is 0. The third-order valence-corrected chi connectivity index (χ3v) is 3.25. The molecule has 1 aliphatic rings. The highest BCUT2D eigenvalue weighted by Crippen LogP contribution is 2.22. The van der Waals surface area contributed by atoms with E-state index in [0.29, 0.717) is 6.04 Å². The van der Waals surface area contributed by atoms with Crippen LogP contribution in [0.3, 0.4) is 0 Å². The smallest absolute Gasteiger partial charge is 0.0524 e. The van der Waals surface area contributed by atoms with Crippen LogP contribution < -0.4 is 5.32 Å². The van der Waals surface area contributed by atoms with Gasteiger partial charge in [0.25, 0.3) is 0 Å². The first-order chi connectivity index (χ1) is 6.68. The molecule has 2 N–H and O–H groups in total. The number of hydrogen-bond acceptors (Lipinski definition) is 2. The number of aliphatic hydroxyl groups excluding tert-OH is 1. The maximum Gasteiger partial charge on any atom is 0.0524 e. The first-order valence-electron chi connectivity index (χ1n) is 6.10. The van der Waals surface area contributed by atoms with Gasteiger partial charge in [0.15, 0.2) is 0 Å². The van der Waals surface area contributed by atoms with Crippen LogP contribution in [-0.2, 0) is 0 Å². The summed E-state index contributed by atoms with van der Waals surface area (Å²) >= 11 is 0. The van der Waals surface area contributed by atoms with Gasteiger partial charge in [0, 0.05) is 6.04 Å². The molecule has 0 saturated heterocycles. The van der Waals surface area contributed by atoms with Crippen LogP contribution in [0.4, 0.5) is 0 Å². The zero-order chi connectivity index (χ0) is 10.4. The molecule has 0 aromatic rings. The van der Waals surface area contributed by atoms with Crippen molar-refractivity contribution in [2.75, 3.05) is 6.54 Å². The van der Waals surface area contributed by atoms with Crippen molar-refractivity contribution in [3.63, 3.8) is 0 Å². The molecule has 3 unspecified atom stereocenters. The first-order valence-corrected chi connectivity index (χ1v) is 6.10. The topological polar surface area (TPSA) is 32.3 Å². The first kappa shape index (κ1) is 12.0. The fraction of sp³-hybridized carbons (Fsp3) is 1.00. The van der Waals surface area contributed by atoms with Crippen LogP contribution in [-0.4, -0.2) is 23.8 Å². The van der Waals surface area contributed by atoms with Crippen molar-refractivity contribution in [3.8, 4) is 0 Å². The van der Waals surface area contributed by atoms with Gasteiger partial charge in [-0.15, -0.1) is 0 Å². The van der Waals surface area contributed by atoms with Crippen molar-refractivity contribution in [3.05, 3.63) is 0 Å². The lowest BCUT2D eigenvalue weighted by atomic mass is 10.0. The van der Waals surface area contributed by atoms with Crippen LogP contribution in [0.1, 0.15) is 52.4 Å². The molecule has 0 aromatic carbocycles. The van der Waals surface area contributed by atoms with Gasteiger partial charge < -0.3 is 10.4 Å². The van der Waals surface area contributed by atoms with Crippen LogP contribution >= 0.6 is 0 Å². The molecule has 1 fully saturated rings. The lowest BCUT2D eigenvalue weighted by Gasteiger charge is -2.16. The molecule has 2 nitrogen and oxygen atoms in total. The average molecular weight is 199 g/mol. The minimum Gasteiger partial charge on any atom is -0.393 e. The SMILES string of the molecule is CC(O)CCNC1CCCC(C)CC1. The van der Waals surface area contributed by atoms with Crippen LogP contribution in [0.2, 0.25) is 0 Å². The van der Waals surface area contributed by atoms with Gasteiger partial charge in [0.05, 0.1) is 6.10 Å². The molecule has 0 spiro atoms. The number of hydrogen-bond donors (Lipinski definition) is 2. The Morgan fingerprint density at radius 1 is 1.29 bits per heavy atom. The molecule has 14 heavy (non-hydrogen) atoms. The van der Waals surface area contributed by atoms with Crippen molar-refractivity contribution in [1.29, 1.82) is 0 Å². The van der Waals surface area contributed by atoms with Gasteiger partial charge in [0.1, 0.15) is 0 Å². The largest absolute Gasteiger partial charge is 0.393 e. The maximum absolute atomic E-state index is 9.14. The van der Waals surface area contributed by atoms with Crippen LogP contribution in [0, 0.1) is 5.92 Å². The molecule has 0 heterocycles. The predicted molar refractivity (Wildman–Crippen MR) is 60.3 cm³/mol. The van der Waals surface area contributed by atoms with Crippen LogP contribution in [0.5, 0.6) is 0 Å². The van der Waals surface area contributed by atoms with E-state index in [1.807, 2.05) is 6.92 Å². The number of nitrogens with one attached hydrogen (secondary N) is 1. The zero-order valence-electron chi connectivity index (χ0n) is 9.63. The average Bonchev–Trinajstić information content (AvgIpc) is 2.30. The summed E-state index contributed by atoms with van der Waals surface area (Å²) in [5.74, 6) is 0.915. The second-order valence-corrected chi connectivity index (χ2v) is 4.90. The normalized spacial score (nSPS) is 31.1. The molecule has 3 atom stereocenters. The van der Waals surface area contributed by atoms with Gasteiger partial charge in [-0.1, -0.05) is 19.8 Å². The van der Waals surface area contributed by atoms with Gasteiger partial charge in [-0.3, -0.25) is 0 Å². The fourth-order valence-electron chi connectivity index (χ4n) is 2.19. The Morgan fingerprint density at radius 2 is 2.07 bits per heavy atom. The maximum atomic E-state index is 9.14. The minimum atomic E-state index is -0.160. The Balaban J connectivity index is 2.11. The van der Waals surface area contributed by atoms with E-state index in [-0.39, 0.29) is 6.10 Å². The van der Waals surface area contributed by atoms with Crippen LogP contribution in [0.15, 0.2) is 0 Å². The van der Waals surface area contributed by atoms with Crippen LogP contribution in [0.25, 0.3) is 0 Å². The minimum absolute atomic E-state index is 0.160. The second kappa shape index (κ2) is 6.41. The Kier molecular flexibility index (Phi) is 5.49. The van der Waals surface area contributed by atoms with Gasteiger partial charge >= 0.3 is 0 Å². The summed E-state index contributed by atoms with van der Waals surface area (Å²) in [6, 6.07) is 0.707. The van der Waals surface area contributed by atoms with Gasteiger partial charge in [-0.05, 0) is 45.1 Å². The molecule has 0 amide bonds. The zero-order valence-corrected chi connectivity index (χ0v) is 9.63. The Bertz CT molecular complexity index is 147. The highest BCUT2D eigenvalue weighted by Gasteiger charge is 2.15. The van der Waals surface area contributed by atoms with Crippen molar-refractivity contribution in [2.24, 2.45) is 5.92 Å². The quantitative estimate of drug-likeness (QED) is 0.681. The van der Waals surface area contributed by atoms with E-state index in [4.69, 9.17) is 5.11 Å². The Labute approximate surface area is 88.1 Å². The summed E-state index contributed by atoms with van der Waals surface area (Å²) in [6.07, 6.45) is 7.50. The van der Waals surface area contributed by atoms with E-state index in [9.17, 15) is 0 Å². The molecular weight excluding hydrogens is 174 g/mol. The third-order valence-electron chi connectivity index (χ3n) is 3.25. The summed E-state index contributed by atoms with van der Waals surface area (Å²) < 4.78 is 0. The van der Waals surface area contributed by atoms with E-state index in [1.165, 1.54) is 32.1 Å². The predicted octanol–water partition coefficient (Wildman–Crippen LogP) is 2.32. The molecule has 84 valence electrons. The Hall–Kier alpha value is -0.0800. The van der Waals surface area contributed by atoms with E-state index >= 15 is 0 Å². The fourth-order valence-corrected chi connectivity index (χ4v) is 2.19. The highest BCUT2D eigenvalue weighted by molar-refractivity contribution is 4.73. The highest BCUT2D eigenvalue weighted by atomic mass is 16.3. The van der Waals surface area contributed by atoms with E-state index < -0.39 is 0 Å². The second-order valence-electron chi connectivity index (χ2n) is 4.90.